The van der Waals surface area contributed by atoms with Gasteiger partial charge in [0.2, 0.25) is 0 Å². The summed E-state index contributed by atoms with van der Waals surface area (Å²) in [6, 6.07) is 17.1. The van der Waals surface area contributed by atoms with Gasteiger partial charge in [0, 0.05) is 20.9 Å². The predicted octanol–water partition coefficient (Wildman–Crippen LogP) is 7.18. The first kappa shape index (κ1) is 29.5. The number of aromatic nitrogens is 4. The molecule has 0 atom stereocenters. The van der Waals surface area contributed by atoms with Crippen molar-refractivity contribution in [2.24, 2.45) is 0 Å². The Hall–Kier alpha value is -2.98. The minimum atomic E-state index is 0.803. The molecule has 5 aromatic rings. The van der Waals surface area contributed by atoms with Crippen LogP contribution >= 0.6 is 23.5 Å². The fourth-order valence-corrected chi connectivity index (χ4v) is 6.70. The number of imidazole rings is 2. The number of nitrogens with one attached hydrogen (secondary N) is 2. The average molecular weight is 589 g/mol. The summed E-state index contributed by atoms with van der Waals surface area (Å²) < 4.78 is 5.95. The number of benzene rings is 3. The zero-order valence-electron chi connectivity index (χ0n) is 24.9. The van der Waals surface area contributed by atoms with E-state index in [9.17, 15) is 0 Å². The lowest BCUT2D eigenvalue weighted by Gasteiger charge is -2.13. The van der Waals surface area contributed by atoms with Gasteiger partial charge in [0.1, 0.15) is 17.4 Å². The fourth-order valence-electron chi connectivity index (χ4n) is 4.95. The van der Waals surface area contributed by atoms with Gasteiger partial charge in [-0.25, -0.2) is 9.97 Å². The van der Waals surface area contributed by atoms with Crippen molar-refractivity contribution in [2.75, 3.05) is 59.9 Å². The Bertz CT molecular complexity index is 1620. The van der Waals surface area contributed by atoms with E-state index in [4.69, 9.17) is 14.7 Å². The maximum absolute atomic E-state index is 5.95. The van der Waals surface area contributed by atoms with Crippen LogP contribution in [-0.4, -0.2) is 89.6 Å². The predicted molar refractivity (Wildman–Crippen MR) is 176 cm³/mol. The molecule has 3 aromatic carbocycles. The van der Waals surface area contributed by atoms with Crippen LogP contribution in [-0.2, 0) is 0 Å². The largest absolute Gasteiger partial charge is 0.496 e. The van der Waals surface area contributed by atoms with Crippen molar-refractivity contribution in [1.82, 2.24) is 29.7 Å². The molecular formula is C32H40N6OS2. The third-order valence-electron chi connectivity index (χ3n) is 7.06. The molecular weight excluding hydrogens is 549 g/mol. The molecule has 0 bridgehead atoms. The van der Waals surface area contributed by atoms with Crippen LogP contribution in [0, 0.1) is 6.92 Å². The minimum Gasteiger partial charge on any atom is -0.496 e. The second-order valence-corrected chi connectivity index (χ2v) is 13.2. The molecule has 0 saturated carbocycles. The number of hydrogen-bond donors (Lipinski definition) is 2. The first-order valence-corrected chi connectivity index (χ1v) is 16.0. The van der Waals surface area contributed by atoms with Crippen molar-refractivity contribution in [3.63, 3.8) is 0 Å². The van der Waals surface area contributed by atoms with E-state index < -0.39 is 0 Å². The Morgan fingerprint density at radius 1 is 0.707 bits per heavy atom. The van der Waals surface area contributed by atoms with Gasteiger partial charge in [0.25, 0.3) is 0 Å². The van der Waals surface area contributed by atoms with Gasteiger partial charge in [-0.05, 0) is 121 Å². The van der Waals surface area contributed by atoms with E-state index in [0.717, 1.165) is 93.6 Å². The van der Waals surface area contributed by atoms with Gasteiger partial charge in [-0.3, -0.25) is 0 Å². The Morgan fingerprint density at radius 3 is 1.68 bits per heavy atom. The highest BCUT2D eigenvalue weighted by molar-refractivity contribution is 7.99. The molecule has 0 saturated heterocycles. The highest BCUT2D eigenvalue weighted by Gasteiger charge is 2.18. The van der Waals surface area contributed by atoms with Crippen molar-refractivity contribution >= 4 is 45.6 Å². The third kappa shape index (κ3) is 7.09. The van der Waals surface area contributed by atoms with Crippen LogP contribution in [0.3, 0.4) is 0 Å². The van der Waals surface area contributed by atoms with Crippen LogP contribution < -0.4 is 4.74 Å². The zero-order valence-corrected chi connectivity index (χ0v) is 26.5. The lowest BCUT2D eigenvalue weighted by molar-refractivity contribution is 0.410. The van der Waals surface area contributed by atoms with Gasteiger partial charge in [-0.15, -0.1) is 23.5 Å². The average Bonchev–Trinajstić information content (AvgIpc) is 3.56. The van der Waals surface area contributed by atoms with Crippen LogP contribution in [0.2, 0.25) is 0 Å². The van der Waals surface area contributed by atoms with Gasteiger partial charge >= 0.3 is 0 Å². The molecule has 0 spiro atoms. The summed E-state index contributed by atoms with van der Waals surface area (Å²) in [5.41, 5.74) is 7.00. The molecule has 0 aliphatic heterocycles. The van der Waals surface area contributed by atoms with Gasteiger partial charge in [-0.2, -0.15) is 0 Å². The van der Waals surface area contributed by atoms with E-state index >= 15 is 0 Å². The van der Waals surface area contributed by atoms with Crippen LogP contribution in [0.4, 0.5) is 0 Å². The molecule has 5 rings (SSSR count). The molecule has 2 N–H and O–H groups in total. The molecule has 41 heavy (non-hydrogen) atoms. The molecule has 216 valence electrons. The van der Waals surface area contributed by atoms with Crippen molar-refractivity contribution < 1.29 is 4.74 Å². The number of thioether (sulfide) groups is 2. The number of hydrogen-bond acceptors (Lipinski definition) is 7. The normalized spacial score (nSPS) is 11.9. The van der Waals surface area contributed by atoms with Crippen molar-refractivity contribution in [1.29, 1.82) is 0 Å². The Kier molecular flexibility index (Phi) is 9.60. The van der Waals surface area contributed by atoms with Gasteiger partial charge in [-0.1, -0.05) is 0 Å². The van der Waals surface area contributed by atoms with E-state index in [1.165, 1.54) is 9.79 Å². The van der Waals surface area contributed by atoms with Crippen molar-refractivity contribution in [3.05, 3.63) is 54.1 Å². The van der Waals surface area contributed by atoms with E-state index in [1.54, 1.807) is 7.11 Å². The molecule has 7 nitrogen and oxygen atoms in total. The summed E-state index contributed by atoms with van der Waals surface area (Å²) in [6.07, 6.45) is 2.33. The standard InChI is InChI=1S/C32H40N6OS2/c1-21-24(31-33-26-13-9-22(19-28(26)35-31)40-17-7-15-37(2)3)11-12-25(30(21)39-6)32-34-27-14-10-23(20-29(27)36-32)41-18-8-16-38(4)5/h9-14,19-20H,7-8,15-18H2,1-6H3,(H,33,35)(H,34,36). The number of rotatable bonds is 13. The van der Waals surface area contributed by atoms with Crippen molar-refractivity contribution in [3.8, 4) is 28.5 Å². The van der Waals surface area contributed by atoms with E-state index in [-0.39, 0.29) is 0 Å². The first-order valence-electron chi connectivity index (χ1n) is 14.1. The van der Waals surface area contributed by atoms with Crippen LogP contribution in [0.25, 0.3) is 44.8 Å². The minimum absolute atomic E-state index is 0.803. The Morgan fingerprint density at radius 2 is 1.20 bits per heavy atom. The Labute approximate surface area is 251 Å². The van der Waals surface area contributed by atoms with Crippen LogP contribution in [0.1, 0.15) is 18.4 Å². The maximum atomic E-state index is 5.95. The number of nitrogens with zero attached hydrogens (tertiary/aromatic N) is 4. The summed E-state index contributed by atoms with van der Waals surface area (Å²) in [4.78, 5) is 23.9. The molecule has 0 aliphatic rings. The third-order valence-corrected chi connectivity index (χ3v) is 9.22. The molecule has 0 amide bonds. The number of aromatic amines is 2. The highest BCUT2D eigenvalue weighted by atomic mass is 32.2. The molecule has 2 heterocycles. The Balaban J connectivity index is 1.37. The summed E-state index contributed by atoms with van der Waals surface area (Å²) >= 11 is 3.78. The molecule has 0 aliphatic carbocycles. The van der Waals surface area contributed by atoms with Crippen LogP contribution in [0.15, 0.2) is 58.3 Å². The molecule has 0 radical (unpaired) electrons. The molecule has 9 heteroatoms. The second kappa shape index (κ2) is 13.3. The van der Waals surface area contributed by atoms with Gasteiger partial charge < -0.3 is 24.5 Å². The summed E-state index contributed by atoms with van der Waals surface area (Å²) in [5.74, 6) is 4.65. The second-order valence-electron chi connectivity index (χ2n) is 10.9. The highest BCUT2D eigenvalue weighted by Crippen LogP contribution is 2.38. The maximum Gasteiger partial charge on any atom is 0.142 e. The summed E-state index contributed by atoms with van der Waals surface area (Å²) in [7, 11) is 10.2. The SMILES string of the molecule is COc1c(-c2nc3ccc(SCCCN(C)C)cc3[nH]2)ccc(-c2nc3ccc(SCCCN(C)C)cc3[nH]2)c1C. The van der Waals surface area contributed by atoms with Gasteiger partial charge in [0.15, 0.2) is 0 Å². The smallest absolute Gasteiger partial charge is 0.142 e. The molecule has 2 aromatic heterocycles. The van der Waals surface area contributed by atoms with E-state index in [1.807, 2.05) is 23.5 Å². The monoisotopic (exact) mass is 588 g/mol. The quantitative estimate of drug-likeness (QED) is 0.112. The first-order chi connectivity index (χ1) is 19.8. The van der Waals surface area contributed by atoms with Crippen LogP contribution in [0.5, 0.6) is 5.75 Å². The molecule has 0 unspecified atom stereocenters. The number of methoxy groups -OCH3 is 1. The lowest BCUT2D eigenvalue weighted by Crippen LogP contribution is -2.13. The topological polar surface area (TPSA) is 73.1 Å². The van der Waals surface area contributed by atoms with Crippen molar-refractivity contribution in [2.45, 2.75) is 29.6 Å². The number of ether oxygens (including phenoxy) is 1. The summed E-state index contributed by atoms with van der Waals surface area (Å²) in [5, 5.41) is 0. The summed E-state index contributed by atoms with van der Waals surface area (Å²) in [6.45, 7) is 4.29. The van der Waals surface area contributed by atoms with E-state index in [2.05, 4.69) is 103 Å². The molecule has 0 fully saturated rings. The lowest BCUT2D eigenvalue weighted by atomic mass is 10.0. The zero-order chi connectivity index (χ0) is 28.9. The fraction of sp³-hybridized carbons (Fsp3) is 0.375. The van der Waals surface area contributed by atoms with Gasteiger partial charge in [0.05, 0.1) is 34.7 Å². The van der Waals surface area contributed by atoms with E-state index in [0.29, 0.717) is 0 Å². The number of H-pyrrole nitrogens is 2. The number of fused-ring (bicyclic) bond motifs is 2.